The lowest BCUT2D eigenvalue weighted by molar-refractivity contribution is -0.116. The summed E-state index contributed by atoms with van der Waals surface area (Å²) in [4.78, 5) is 24.6. The number of anilines is 2. The van der Waals surface area contributed by atoms with Crippen LogP contribution in [0.2, 0.25) is 0 Å². The van der Waals surface area contributed by atoms with Crippen molar-refractivity contribution in [2.24, 2.45) is 0 Å². The zero-order chi connectivity index (χ0) is 24.6. The van der Waals surface area contributed by atoms with Gasteiger partial charge in [0.1, 0.15) is 5.75 Å². The number of rotatable bonds is 8. The number of amides is 3. The van der Waals surface area contributed by atoms with Crippen LogP contribution in [0, 0.1) is 6.92 Å². The third-order valence-corrected chi connectivity index (χ3v) is 7.68. The molecule has 1 heterocycles. The van der Waals surface area contributed by atoms with Gasteiger partial charge in [-0.1, -0.05) is 18.9 Å². The number of aryl methyl sites for hydroxylation is 1. The van der Waals surface area contributed by atoms with Gasteiger partial charge in [-0.15, -0.1) is 0 Å². The van der Waals surface area contributed by atoms with Gasteiger partial charge in [0, 0.05) is 37.4 Å². The number of benzene rings is 2. The molecule has 3 rings (SSSR count). The van der Waals surface area contributed by atoms with Gasteiger partial charge in [-0.2, -0.15) is 4.31 Å². The van der Waals surface area contributed by atoms with E-state index in [1.807, 2.05) is 0 Å². The highest BCUT2D eigenvalue weighted by atomic mass is 32.2. The minimum atomic E-state index is -3.63. The molecule has 0 radical (unpaired) electrons. The van der Waals surface area contributed by atoms with Gasteiger partial charge in [0.15, 0.2) is 0 Å². The summed E-state index contributed by atoms with van der Waals surface area (Å²) >= 11 is 0. The van der Waals surface area contributed by atoms with Crippen LogP contribution in [0.5, 0.6) is 5.75 Å². The fourth-order valence-electron chi connectivity index (χ4n) is 3.74. The van der Waals surface area contributed by atoms with Crippen LogP contribution >= 0.6 is 0 Å². The number of hydrogen-bond donors (Lipinski definition) is 3. The van der Waals surface area contributed by atoms with Crippen molar-refractivity contribution < 1.29 is 22.7 Å². The maximum Gasteiger partial charge on any atom is 0.319 e. The van der Waals surface area contributed by atoms with Gasteiger partial charge < -0.3 is 20.7 Å². The Morgan fingerprint density at radius 1 is 0.941 bits per heavy atom. The van der Waals surface area contributed by atoms with Gasteiger partial charge in [-0.25, -0.2) is 13.2 Å². The molecule has 0 bridgehead atoms. The van der Waals surface area contributed by atoms with Crippen LogP contribution in [0.3, 0.4) is 0 Å². The van der Waals surface area contributed by atoms with E-state index in [0.29, 0.717) is 35.8 Å². The lowest BCUT2D eigenvalue weighted by atomic mass is 10.2. The lowest BCUT2D eigenvalue weighted by Crippen LogP contribution is -2.32. The Morgan fingerprint density at radius 3 is 2.24 bits per heavy atom. The fourth-order valence-corrected chi connectivity index (χ4v) is 5.51. The SMILES string of the molecule is COc1ccc(NC(=O)NCCC(=O)Nc2ccc(C)c(S(=O)(=O)N3CCCCCC3)c2)cc1. The second kappa shape index (κ2) is 11.8. The number of sulfonamides is 1. The number of carbonyl (C=O) groups is 2. The van der Waals surface area contributed by atoms with Crippen molar-refractivity contribution in [2.45, 2.75) is 43.9 Å². The number of nitrogens with one attached hydrogen (secondary N) is 3. The third kappa shape index (κ3) is 6.94. The van der Waals surface area contributed by atoms with Crippen molar-refractivity contribution in [3.05, 3.63) is 48.0 Å². The Hall–Kier alpha value is -3.11. The van der Waals surface area contributed by atoms with Crippen molar-refractivity contribution in [3.63, 3.8) is 0 Å². The van der Waals surface area contributed by atoms with Crippen LogP contribution in [0.15, 0.2) is 47.4 Å². The summed E-state index contributed by atoms with van der Waals surface area (Å²) in [6, 6.07) is 11.3. The molecule has 34 heavy (non-hydrogen) atoms. The number of nitrogens with zero attached hydrogens (tertiary/aromatic N) is 1. The van der Waals surface area contributed by atoms with E-state index >= 15 is 0 Å². The summed E-state index contributed by atoms with van der Waals surface area (Å²) < 4.78 is 33.0. The van der Waals surface area contributed by atoms with Gasteiger partial charge in [-0.05, 0) is 61.7 Å². The molecule has 2 aromatic carbocycles. The van der Waals surface area contributed by atoms with Crippen molar-refractivity contribution in [3.8, 4) is 5.75 Å². The normalized spacial score (nSPS) is 14.6. The molecule has 10 heteroatoms. The molecule has 184 valence electrons. The predicted molar refractivity (Wildman–Crippen MR) is 132 cm³/mol. The highest BCUT2D eigenvalue weighted by molar-refractivity contribution is 7.89. The standard InChI is InChI=1S/C24H32N4O5S/c1-18-7-8-20(17-22(18)34(31,32)28-15-5-3-4-6-16-28)26-23(29)13-14-25-24(30)27-19-9-11-21(33-2)12-10-19/h7-12,17H,3-6,13-16H2,1-2H3,(H,26,29)(H2,25,27,30). The molecule has 0 atom stereocenters. The topological polar surface area (TPSA) is 117 Å². The molecule has 3 N–H and O–H groups in total. The molecule has 0 aromatic heterocycles. The monoisotopic (exact) mass is 488 g/mol. The summed E-state index contributed by atoms with van der Waals surface area (Å²) in [6.07, 6.45) is 3.82. The number of urea groups is 1. The van der Waals surface area contributed by atoms with Gasteiger partial charge in [0.05, 0.1) is 12.0 Å². The van der Waals surface area contributed by atoms with E-state index in [1.54, 1.807) is 54.7 Å². The Morgan fingerprint density at radius 2 is 1.59 bits per heavy atom. The van der Waals surface area contributed by atoms with Crippen LogP contribution < -0.4 is 20.7 Å². The van der Waals surface area contributed by atoms with Crippen molar-refractivity contribution >= 4 is 33.3 Å². The van der Waals surface area contributed by atoms with Crippen LogP contribution in [-0.2, 0) is 14.8 Å². The second-order valence-electron chi connectivity index (χ2n) is 8.21. The quantitative estimate of drug-likeness (QED) is 0.524. The summed E-state index contributed by atoms with van der Waals surface area (Å²) in [7, 11) is -2.07. The maximum absolute atomic E-state index is 13.2. The molecule has 1 fully saturated rings. The predicted octanol–water partition coefficient (Wildman–Crippen LogP) is 3.72. The number of ether oxygens (including phenoxy) is 1. The Bertz CT molecular complexity index is 1090. The number of methoxy groups -OCH3 is 1. The van der Waals surface area contributed by atoms with E-state index in [2.05, 4.69) is 16.0 Å². The first-order valence-electron chi connectivity index (χ1n) is 11.4. The molecule has 1 saturated heterocycles. The van der Waals surface area contributed by atoms with Crippen molar-refractivity contribution in [1.82, 2.24) is 9.62 Å². The van der Waals surface area contributed by atoms with E-state index in [-0.39, 0.29) is 23.8 Å². The second-order valence-corrected chi connectivity index (χ2v) is 10.1. The smallest absolute Gasteiger partial charge is 0.319 e. The number of hydrogen-bond acceptors (Lipinski definition) is 5. The molecule has 0 unspecified atom stereocenters. The van der Waals surface area contributed by atoms with Crippen molar-refractivity contribution in [1.29, 1.82) is 0 Å². The lowest BCUT2D eigenvalue weighted by Gasteiger charge is -2.21. The molecular formula is C24H32N4O5S. The largest absolute Gasteiger partial charge is 0.497 e. The molecule has 1 aliphatic rings. The zero-order valence-electron chi connectivity index (χ0n) is 19.6. The fraction of sp³-hybridized carbons (Fsp3) is 0.417. The van der Waals surface area contributed by atoms with E-state index < -0.39 is 16.1 Å². The highest BCUT2D eigenvalue weighted by Crippen LogP contribution is 2.26. The van der Waals surface area contributed by atoms with Crippen LogP contribution in [0.4, 0.5) is 16.2 Å². The van der Waals surface area contributed by atoms with E-state index in [4.69, 9.17) is 4.74 Å². The first-order chi connectivity index (χ1) is 16.3. The molecule has 2 aromatic rings. The summed E-state index contributed by atoms with van der Waals surface area (Å²) in [5, 5.41) is 8.02. The van der Waals surface area contributed by atoms with Crippen LogP contribution in [0.1, 0.15) is 37.7 Å². The van der Waals surface area contributed by atoms with Crippen molar-refractivity contribution in [2.75, 3.05) is 37.4 Å². The molecule has 0 saturated carbocycles. The van der Waals surface area contributed by atoms with Crippen LogP contribution in [-0.4, -0.2) is 51.4 Å². The first-order valence-corrected chi connectivity index (χ1v) is 12.8. The van der Waals surface area contributed by atoms with Gasteiger partial charge in [0.2, 0.25) is 15.9 Å². The van der Waals surface area contributed by atoms with E-state index in [1.165, 1.54) is 6.07 Å². The Balaban J connectivity index is 1.53. The molecule has 3 amide bonds. The minimum Gasteiger partial charge on any atom is -0.497 e. The first kappa shape index (κ1) is 25.5. The molecule has 9 nitrogen and oxygen atoms in total. The average Bonchev–Trinajstić information content (AvgIpc) is 3.11. The summed E-state index contributed by atoms with van der Waals surface area (Å²) in [5.74, 6) is 0.354. The van der Waals surface area contributed by atoms with E-state index in [0.717, 1.165) is 25.7 Å². The Kier molecular flexibility index (Phi) is 8.89. The Labute approximate surface area is 200 Å². The van der Waals surface area contributed by atoms with Gasteiger partial charge in [-0.3, -0.25) is 4.79 Å². The molecular weight excluding hydrogens is 456 g/mol. The minimum absolute atomic E-state index is 0.0398. The van der Waals surface area contributed by atoms with E-state index in [9.17, 15) is 18.0 Å². The summed E-state index contributed by atoms with van der Waals surface area (Å²) in [6.45, 7) is 2.91. The third-order valence-electron chi connectivity index (χ3n) is 5.64. The maximum atomic E-state index is 13.2. The zero-order valence-corrected chi connectivity index (χ0v) is 20.4. The molecule has 0 spiro atoms. The van der Waals surface area contributed by atoms with Gasteiger partial charge >= 0.3 is 6.03 Å². The molecule has 0 aliphatic carbocycles. The summed E-state index contributed by atoms with van der Waals surface area (Å²) in [5.41, 5.74) is 1.64. The average molecular weight is 489 g/mol. The number of carbonyl (C=O) groups excluding carboxylic acids is 2. The highest BCUT2D eigenvalue weighted by Gasteiger charge is 2.27. The van der Waals surface area contributed by atoms with Gasteiger partial charge in [0.25, 0.3) is 0 Å². The van der Waals surface area contributed by atoms with Crippen LogP contribution in [0.25, 0.3) is 0 Å². The molecule has 1 aliphatic heterocycles.